The van der Waals surface area contributed by atoms with E-state index >= 15 is 0 Å². The van der Waals surface area contributed by atoms with E-state index in [1.165, 1.54) is 11.1 Å². The zero-order chi connectivity index (χ0) is 44.2. The number of ether oxygens (including phenoxy) is 2. The third kappa shape index (κ3) is 10.5. The minimum atomic E-state index is -4.80. The molecule has 0 radical (unpaired) electrons. The van der Waals surface area contributed by atoms with E-state index in [-0.39, 0.29) is 36.9 Å². The Morgan fingerprint density at radius 1 is 1.07 bits per heavy atom. The van der Waals surface area contributed by atoms with Crippen molar-refractivity contribution in [2.75, 3.05) is 13.2 Å². The quantitative estimate of drug-likeness (QED) is 0.185. The molecule has 0 unspecified atom stereocenters. The third-order valence-electron chi connectivity index (χ3n) is 11.5. The number of nitrogens with one attached hydrogen (secondary N) is 4. The van der Waals surface area contributed by atoms with Crippen LogP contribution in [-0.2, 0) is 24.4 Å². The van der Waals surface area contributed by atoms with Crippen molar-refractivity contribution in [3.8, 4) is 11.6 Å². The lowest BCUT2D eigenvalue weighted by atomic mass is 9.88. The molecule has 2 aliphatic carbocycles. The van der Waals surface area contributed by atoms with Gasteiger partial charge in [0.1, 0.15) is 35.0 Å². The van der Waals surface area contributed by atoms with E-state index in [0.29, 0.717) is 49.8 Å². The minimum Gasteiger partial charge on any atom is -0.491 e. The fourth-order valence-corrected chi connectivity index (χ4v) is 9.11. The zero-order valence-electron chi connectivity index (χ0n) is 35.4. The van der Waals surface area contributed by atoms with Crippen molar-refractivity contribution in [3.05, 3.63) is 42.6 Å². The summed E-state index contributed by atoms with van der Waals surface area (Å²) in [6.07, 6.45) is 2.78. The van der Waals surface area contributed by atoms with Crippen molar-refractivity contribution in [3.63, 3.8) is 0 Å². The van der Waals surface area contributed by atoms with Gasteiger partial charge in [-0.3, -0.25) is 19.1 Å². The van der Waals surface area contributed by atoms with Gasteiger partial charge in [-0.25, -0.2) is 18.2 Å². The molecule has 1 saturated heterocycles. The van der Waals surface area contributed by atoms with Gasteiger partial charge in [-0.15, -0.1) is 0 Å². The van der Waals surface area contributed by atoms with Gasteiger partial charge in [0.15, 0.2) is 0 Å². The number of allylic oxidation sites excluding steroid dienone is 1. The van der Waals surface area contributed by atoms with Crippen LogP contribution in [0.25, 0.3) is 10.8 Å². The number of carbonyl (C=O) groups excluding carboxylic acids is 4. The Balaban J connectivity index is 0.00000337. The molecule has 2 saturated carbocycles. The number of aromatic nitrogens is 1. The molecule has 6 rings (SSSR count). The van der Waals surface area contributed by atoms with E-state index < -0.39 is 86.3 Å². The maximum Gasteiger partial charge on any atom is 0.411 e. The Morgan fingerprint density at radius 2 is 1.75 bits per heavy atom. The van der Waals surface area contributed by atoms with E-state index in [1.807, 2.05) is 51.2 Å². The molecule has 2 aliphatic heterocycles. The van der Waals surface area contributed by atoms with Crippen molar-refractivity contribution in [1.29, 1.82) is 0 Å². The Kier molecular flexibility index (Phi) is 14.4. The van der Waals surface area contributed by atoms with Gasteiger partial charge in [0.05, 0.1) is 24.6 Å². The predicted octanol–water partition coefficient (Wildman–Crippen LogP) is 6.89. The molecule has 4 aliphatic rings. The smallest absolute Gasteiger partial charge is 0.411 e. The van der Waals surface area contributed by atoms with Crippen LogP contribution >= 0.6 is 0 Å². The molecule has 2 aromatic rings. The molecule has 340 valence electrons. The summed E-state index contributed by atoms with van der Waals surface area (Å²) in [7, 11) is -3.97. The average Bonchev–Trinajstić information content (AvgIpc) is 4.12. The predicted molar refractivity (Wildman–Crippen MR) is 228 cm³/mol. The number of carbonyl (C=O) groups is 4. The van der Waals surface area contributed by atoms with Crippen LogP contribution in [0.15, 0.2) is 42.6 Å². The molecule has 4 N–H and O–H groups in total. The second-order valence-electron chi connectivity index (χ2n) is 16.8. The Bertz CT molecular complexity index is 2070. The second kappa shape index (κ2) is 18.6. The van der Waals surface area contributed by atoms with Crippen LogP contribution in [0, 0.1) is 17.8 Å². The molecular weight excluding hydrogens is 806 g/mol. The molecule has 0 spiro atoms. The molecule has 3 heterocycles. The number of halogens is 3. The summed E-state index contributed by atoms with van der Waals surface area (Å²) in [6.45, 7) is 11.5. The molecule has 7 atom stereocenters. The Labute approximate surface area is 356 Å². The van der Waals surface area contributed by atoms with Crippen LogP contribution in [0.4, 0.5) is 18.0 Å². The van der Waals surface area contributed by atoms with E-state index in [1.54, 1.807) is 25.1 Å². The standard InChI is InChI=1S/C40H53F3N6O8S.C2H6.4H2/c1-6-17-56-31-21-44-34(29-14-10-9-13-28(29)31)57-26-19-30-33(50)46-39(36(52)48-58(54,55)27-15-16-27)20-25(39)12-8-7-11-23(2)18-24(3)32(35(51)49(30)22-26)45-37(53)47-38(4,5)40(41,42)43;1-2;;;;/h8-10,12-14,21,23-27,30,32H,6-7,11,15-20,22H2,1-5H3,(H,46,50)(H,48,52)(H2,45,47,53);1-2H3;4*1H/b12-8-;;;;;/t23-,24-,25-,26-,30+,32+,39-;;;;;/m1...../s1. The van der Waals surface area contributed by atoms with Gasteiger partial charge in [-0.1, -0.05) is 65.0 Å². The summed E-state index contributed by atoms with van der Waals surface area (Å²) in [5.74, 6) is -2.75. The first-order valence-electron chi connectivity index (χ1n) is 20.9. The third-order valence-corrected chi connectivity index (χ3v) is 13.3. The molecular formula is C42H67F3N6O8S. The number of hydrogen-bond donors (Lipinski definition) is 4. The van der Waals surface area contributed by atoms with E-state index in [2.05, 4.69) is 20.3 Å². The number of amides is 5. The number of urea groups is 1. The molecule has 1 aromatic heterocycles. The van der Waals surface area contributed by atoms with Crippen LogP contribution in [0.1, 0.15) is 106 Å². The van der Waals surface area contributed by atoms with Crippen LogP contribution in [-0.4, -0.2) is 95.9 Å². The Hall–Kier alpha value is -4.61. The van der Waals surface area contributed by atoms with Gasteiger partial charge in [0.25, 0.3) is 5.91 Å². The van der Waals surface area contributed by atoms with Gasteiger partial charge in [-0.2, -0.15) is 13.2 Å². The highest BCUT2D eigenvalue weighted by Gasteiger charge is 2.62. The number of alkyl halides is 3. The number of benzene rings is 1. The highest BCUT2D eigenvalue weighted by molar-refractivity contribution is 7.91. The topological polar surface area (TPSA) is 185 Å². The summed E-state index contributed by atoms with van der Waals surface area (Å²) in [6, 6.07) is 3.40. The van der Waals surface area contributed by atoms with Crippen molar-refractivity contribution < 1.29 is 55.9 Å². The minimum absolute atomic E-state index is 0. The first-order valence-corrected chi connectivity index (χ1v) is 22.5. The zero-order valence-corrected chi connectivity index (χ0v) is 36.2. The number of rotatable bonds is 10. The van der Waals surface area contributed by atoms with E-state index in [4.69, 9.17) is 9.47 Å². The normalized spacial score (nSPS) is 28.0. The van der Waals surface area contributed by atoms with Gasteiger partial charge < -0.3 is 30.3 Å². The molecule has 5 amide bonds. The maximum absolute atomic E-state index is 14.8. The van der Waals surface area contributed by atoms with E-state index in [9.17, 15) is 40.8 Å². The van der Waals surface area contributed by atoms with Crippen LogP contribution in [0.3, 0.4) is 0 Å². The lowest BCUT2D eigenvalue weighted by Crippen LogP contribution is -2.62. The SMILES string of the molecule is CC.CCCOc1cnc(O[C@@H]2C[C@H]3C(=O)N[C@]4(C(=O)NS(=O)(=O)C5CC5)C[C@H]4/C=C\CC[C@@H](C)C[C@@H](C)[C@H](NC(=O)NC(C)(C)C(F)(F)F)C(=O)N3C2)c2ccccc12.[HH].[HH].[HH].[HH]. The molecule has 14 nitrogen and oxygen atoms in total. The highest BCUT2D eigenvalue weighted by atomic mass is 32.2. The summed E-state index contributed by atoms with van der Waals surface area (Å²) >= 11 is 0. The second-order valence-corrected chi connectivity index (χ2v) is 18.7. The number of sulfonamides is 1. The highest BCUT2D eigenvalue weighted by Crippen LogP contribution is 2.46. The molecule has 18 heteroatoms. The van der Waals surface area contributed by atoms with Gasteiger partial charge in [-0.05, 0) is 76.7 Å². The van der Waals surface area contributed by atoms with Gasteiger partial charge in [0, 0.05) is 28.8 Å². The number of nitrogens with zero attached hydrogens (tertiary/aromatic N) is 2. The summed E-state index contributed by atoms with van der Waals surface area (Å²) in [5, 5.41) is 7.89. The summed E-state index contributed by atoms with van der Waals surface area (Å²) in [5.41, 5.74) is -4.25. The van der Waals surface area contributed by atoms with Crippen LogP contribution in [0.5, 0.6) is 11.6 Å². The fourth-order valence-electron chi connectivity index (χ4n) is 7.75. The van der Waals surface area contributed by atoms with Gasteiger partial charge >= 0.3 is 12.2 Å². The monoisotopic (exact) mass is 872 g/mol. The first kappa shape index (κ1) is 46.5. The number of fused-ring (bicyclic) bond motifs is 3. The molecule has 1 aromatic carbocycles. The first-order chi connectivity index (χ1) is 28.3. The summed E-state index contributed by atoms with van der Waals surface area (Å²) < 4.78 is 81.7. The molecule has 0 bridgehead atoms. The summed E-state index contributed by atoms with van der Waals surface area (Å²) in [4.78, 5) is 62.0. The lowest BCUT2D eigenvalue weighted by molar-refractivity contribution is -0.182. The van der Waals surface area contributed by atoms with E-state index in [0.717, 1.165) is 25.7 Å². The average molecular weight is 873 g/mol. The largest absolute Gasteiger partial charge is 0.491 e. The molecule has 60 heavy (non-hydrogen) atoms. The fraction of sp³-hybridized carbons (Fsp3) is 0.643. The number of pyridine rings is 1. The lowest BCUT2D eigenvalue weighted by Gasteiger charge is -2.34. The Morgan fingerprint density at radius 3 is 2.40 bits per heavy atom. The van der Waals surface area contributed by atoms with Crippen molar-refractivity contribution in [2.45, 2.75) is 141 Å². The van der Waals surface area contributed by atoms with Crippen LogP contribution < -0.4 is 30.1 Å². The maximum atomic E-state index is 14.8. The van der Waals surface area contributed by atoms with Crippen molar-refractivity contribution in [1.82, 2.24) is 30.6 Å². The van der Waals surface area contributed by atoms with Crippen molar-refractivity contribution >= 4 is 44.5 Å². The van der Waals surface area contributed by atoms with Crippen LogP contribution in [0.2, 0.25) is 0 Å². The van der Waals surface area contributed by atoms with Gasteiger partial charge in [0.2, 0.25) is 27.7 Å². The molecule has 3 fully saturated rings. The van der Waals surface area contributed by atoms with Crippen molar-refractivity contribution in [2.24, 2.45) is 17.8 Å². The number of hydrogen-bond acceptors (Lipinski definition) is 9.